The molecule has 0 spiro atoms. The Morgan fingerprint density at radius 1 is 0.846 bits per heavy atom. The predicted octanol–water partition coefficient (Wildman–Crippen LogP) is 6.05. The maximum Gasteiger partial charge on any atom is 0.225 e. The number of hydrogen-bond acceptors (Lipinski definition) is 8. The molecule has 11 heteroatoms. The van der Waals surface area contributed by atoms with Gasteiger partial charge >= 0.3 is 0 Å². The second-order valence-corrected chi connectivity index (χ2v) is 9.40. The summed E-state index contributed by atoms with van der Waals surface area (Å²) in [6.07, 6.45) is 0.761. The number of aromatic nitrogens is 4. The van der Waals surface area contributed by atoms with Gasteiger partial charge in [0, 0.05) is 12.1 Å². The summed E-state index contributed by atoms with van der Waals surface area (Å²) in [6.45, 7) is 0.603. The van der Waals surface area contributed by atoms with Gasteiger partial charge in [0.1, 0.15) is 11.6 Å². The molecule has 0 saturated carbocycles. The quantitative estimate of drug-likeness (QED) is 0.222. The molecule has 0 atom stereocenters. The summed E-state index contributed by atoms with van der Waals surface area (Å²) in [4.78, 5) is 9.52. The van der Waals surface area contributed by atoms with E-state index < -0.39 is 0 Å². The molecule has 5 aromatic rings. The number of methoxy groups -OCH3 is 3. The van der Waals surface area contributed by atoms with Gasteiger partial charge in [-0.05, 0) is 60.5 Å². The van der Waals surface area contributed by atoms with E-state index in [1.165, 1.54) is 0 Å². The lowest BCUT2D eigenvalue weighted by atomic mass is 10.1. The molecule has 0 aliphatic rings. The first kappa shape index (κ1) is 26.4. The van der Waals surface area contributed by atoms with Crippen LogP contribution in [0.2, 0.25) is 10.0 Å². The zero-order valence-electron chi connectivity index (χ0n) is 21.5. The minimum atomic E-state index is 0.359. The maximum atomic E-state index is 6.63. The summed E-state index contributed by atoms with van der Waals surface area (Å²) in [5.74, 6) is 2.75. The van der Waals surface area contributed by atoms with Crippen LogP contribution >= 0.6 is 23.2 Å². The summed E-state index contributed by atoms with van der Waals surface area (Å²) in [5, 5.41) is 9.43. The Balaban J connectivity index is 1.57. The van der Waals surface area contributed by atoms with Gasteiger partial charge in [0.05, 0.1) is 48.1 Å². The van der Waals surface area contributed by atoms with E-state index in [9.17, 15) is 0 Å². The van der Waals surface area contributed by atoms with Crippen LogP contribution in [0.1, 0.15) is 5.56 Å². The minimum Gasteiger partial charge on any atom is -0.497 e. The Kier molecular flexibility index (Phi) is 7.63. The minimum absolute atomic E-state index is 0.359. The number of fused-ring (bicyclic) bond motifs is 1. The van der Waals surface area contributed by atoms with Crippen LogP contribution in [0, 0.1) is 0 Å². The normalized spacial score (nSPS) is 11.0. The molecule has 2 heterocycles. The monoisotopic (exact) mass is 564 g/mol. The van der Waals surface area contributed by atoms with Crippen molar-refractivity contribution in [2.24, 2.45) is 0 Å². The van der Waals surface area contributed by atoms with Gasteiger partial charge in [-0.2, -0.15) is 4.98 Å². The van der Waals surface area contributed by atoms with Gasteiger partial charge in [0.15, 0.2) is 17.1 Å². The highest BCUT2D eigenvalue weighted by Crippen LogP contribution is 2.37. The van der Waals surface area contributed by atoms with Gasteiger partial charge in [-0.25, -0.2) is 9.67 Å². The van der Waals surface area contributed by atoms with Crippen molar-refractivity contribution in [1.29, 1.82) is 0 Å². The smallest absolute Gasteiger partial charge is 0.225 e. The van der Waals surface area contributed by atoms with E-state index in [0.29, 0.717) is 62.3 Å². The van der Waals surface area contributed by atoms with Gasteiger partial charge in [0.25, 0.3) is 0 Å². The zero-order valence-corrected chi connectivity index (χ0v) is 23.0. The highest BCUT2D eigenvalue weighted by atomic mass is 35.5. The number of hydrogen-bond donors (Lipinski definition) is 2. The third-order valence-corrected chi connectivity index (χ3v) is 6.97. The summed E-state index contributed by atoms with van der Waals surface area (Å²) in [6, 6.07) is 18.7. The second-order valence-electron chi connectivity index (χ2n) is 8.58. The maximum absolute atomic E-state index is 6.63. The molecule has 39 heavy (non-hydrogen) atoms. The largest absolute Gasteiger partial charge is 0.497 e. The van der Waals surface area contributed by atoms with Crippen molar-refractivity contribution in [2.45, 2.75) is 6.42 Å². The van der Waals surface area contributed by atoms with Crippen LogP contribution in [0.5, 0.6) is 17.2 Å². The average Bonchev–Trinajstić information content (AvgIpc) is 3.30. The van der Waals surface area contributed by atoms with Crippen molar-refractivity contribution in [2.75, 3.05) is 38.9 Å². The molecule has 0 aliphatic carbocycles. The van der Waals surface area contributed by atoms with Crippen molar-refractivity contribution < 1.29 is 14.2 Å². The average molecular weight is 565 g/mol. The molecule has 0 unspecified atom stereocenters. The van der Waals surface area contributed by atoms with Gasteiger partial charge < -0.3 is 25.3 Å². The van der Waals surface area contributed by atoms with Gasteiger partial charge in [-0.15, -0.1) is 5.10 Å². The van der Waals surface area contributed by atoms with E-state index in [4.69, 9.17) is 53.2 Å². The van der Waals surface area contributed by atoms with Gasteiger partial charge in [0.2, 0.25) is 5.95 Å². The lowest BCUT2D eigenvalue weighted by molar-refractivity contribution is 0.355. The lowest BCUT2D eigenvalue weighted by Crippen LogP contribution is -2.09. The first-order chi connectivity index (χ1) is 18.9. The molecule has 200 valence electrons. The molecule has 0 saturated heterocycles. The number of nitrogens with two attached hydrogens (primary N) is 1. The standard InChI is InChI=1S/C28H26Cl2N6O3/c1-37-19-8-4-16(5-9-19)12-13-32-28-33-25(17-6-11-22(38-2)23(14-17)39-3)24-26(31)36(35-27(24)34-28)18-7-10-20(29)21(30)15-18/h4-11,14-15H,12-13,31H2,1-3H3,(H,32,34,35). The number of nitrogens with one attached hydrogen (secondary N) is 1. The molecular weight excluding hydrogens is 539 g/mol. The van der Waals surface area contributed by atoms with E-state index in [1.807, 2.05) is 42.5 Å². The summed E-state index contributed by atoms with van der Waals surface area (Å²) in [7, 11) is 4.82. The molecule has 3 N–H and O–H groups in total. The molecule has 2 aromatic heterocycles. The Labute approximate surface area is 235 Å². The highest BCUT2D eigenvalue weighted by molar-refractivity contribution is 6.42. The lowest BCUT2D eigenvalue weighted by Gasteiger charge is -2.12. The van der Waals surface area contributed by atoms with Gasteiger partial charge in [-0.3, -0.25) is 0 Å². The van der Waals surface area contributed by atoms with Crippen LogP contribution < -0.4 is 25.3 Å². The van der Waals surface area contributed by atoms with E-state index in [2.05, 4.69) is 10.3 Å². The van der Waals surface area contributed by atoms with E-state index in [1.54, 1.807) is 44.2 Å². The van der Waals surface area contributed by atoms with Crippen molar-refractivity contribution in [3.8, 4) is 34.2 Å². The second kappa shape index (κ2) is 11.3. The molecular formula is C28H26Cl2N6O3. The molecule has 5 rings (SSSR count). The molecule has 0 amide bonds. The number of halogens is 2. The Bertz CT molecular complexity index is 1640. The Morgan fingerprint density at radius 3 is 2.31 bits per heavy atom. The zero-order chi connectivity index (χ0) is 27.5. The summed E-state index contributed by atoms with van der Waals surface area (Å²) in [5.41, 5.74) is 10.2. The molecule has 3 aromatic carbocycles. The van der Waals surface area contributed by atoms with Crippen LogP contribution in [0.15, 0.2) is 60.7 Å². The van der Waals surface area contributed by atoms with Crippen molar-refractivity contribution in [1.82, 2.24) is 19.7 Å². The van der Waals surface area contributed by atoms with Crippen LogP contribution in [0.4, 0.5) is 11.8 Å². The number of nitrogens with zero attached hydrogens (tertiary/aromatic N) is 4. The summed E-state index contributed by atoms with van der Waals surface area (Å²) < 4.78 is 17.8. The van der Waals surface area contributed by atoms with E-state index >= 15 is 0 Å². The van der Waals surface area contributed by atoms with Crippen molar-refractivity contribution in [3.05, 3.63) is 76.3 Å². The third kappa shape index (κ3) is 5.36. The van der Waals surface area contributed by atoms with Crippen molar-refractivity contribution >= 4 is 46.0 Å². The fourth-order valence-corrected chi connectivity index (χ4v) is 4.50. The molecule has 0 fully saturated rings. The predicted molar refractivity (Wildman–Crippen MR) is 155 cm³/mol. The Hall–Kier alpha value is -4.21. The fourth-order valence-electron chi connectivity index (χ4n) is 4.21. The third-order valence-electron chi connectivity index (χ3n) is 6.23. The topological polar surface area (TPSA) is 109 Å². The number of nitrogen functional groups attached to an aromatic ring is 1. The molecule has 9 nitrogen and oxygen atoms in total. The SMILES string of the molecule is COc1ccc(CCNc2nc(-c3ccc(OC)c(OC)c3)c3c(N)n(-c4ccc(Cl)c(Cl)c4)nc3n2)cc1. The van der Waals surface area contributed by atoms with E-state index in [-0.39, 0.29) is 0 Å². The number of anilines is 2. The Morgan fingerprint density at radius 2 is 1.62 bits per heavy atom. The first-order valence-electron chi connectivity index (χ1n) is 12.0. The van der Waals surface area contributed by atoms with Crippen LogP contribution in [0.3, 0.4) is 0 Å². The van der Waals surface area contributed by atoms with Crippen molar-refractivity contribution in [3.63, 3.8) is 0 Å². The van der Waals surface area contributed by atoms with Gasteiger partial charge in [-0.1, -0.05) is 35.3 Å². The number of ether oxygens (including phenoxy) is 3. The van der Waals surface area contributed by atoms with Crippen LogP contribution in [0.25, 0.3) is 28.0 Å². The fraction of sp³-hybridized carbons (Fsp3) is 0.179. The van der Waals surface area contributed by atoms with Crippen LogP contribution in [-0.4, -0.2) is 47.6 Å². The summed E-state index contributed by atoms with van der Waals surface area (Å²) >= 11 is 12.4. The first-order valence-corrected chi connectivity index (χ1v) is 12.8. The molecule has 0 radical (unpaired) electrons. The van der Waals surface area contributed by atoms with Crippen LogP contribution in [-0.2, 0) is 6.42 Å². The number of rotatable bonds is 9. The van der Waals surface area contributed by atoms with E-state index in [0.717, 1.165) is 23.3 Å². The molecule has 0 bridgehead atoms. The molecule has 0 aliphatic heterocycles. The number of benzene rings is 3. The highest BCUT2D eigenvalue weighted by Gasteiger charge is 2.21.